The second kappa shape index (κ2) is 9.34. The largest absolute Gasteiger partial charge is 0.352 e. The van der Waals surface area contributed by atoms with Crippen LogP contribution in [-0.4, -0.2) is 38.3 Å². The van der Waals surface area contributed by atoms with Gasteiger partial charge in [0.2, 0.25) is 10.0 Å². The number of hydrogen-bond acceptors (Lipinski definition) is 3. The minimum absolute atomic E-state index is 0.194. The summed E-state index contributed by atoms with van der Waals surface area (Å²) in [6.45, 7) is 3.78. The molecular weight excluding hydrogens is 372 g/mol. The van der Waals surface area contributed by atoms with Crippen LogP contribution >= 0.6 is 0 Å². The molecule has 1 amide bonds. The number of sulfonamides is 1. The molecule has 1 N–H and O–H groups in total. The van der Waals surface area contributed by atoms with E-state index in [0.29, 0.717) is 31.1 Å². The first kappa shape index (κ1) is 20.6. The third kappa shape index (κ3) is 5.20. The molecule has 2 aromatic carbocycles. The molecule has 0 bridgehead atoms. The zero-order valence-electron chi connectivity index (χ0n) is 16.3. The predicted molar refractivity (Wildman–Crippen MR) is 111 cm³/mol. The molecule has 0 aromatic heterocycles. The van der Waals surface area contributed by atoms with E-state index in [9.17, 15) is 13.2 Å². The quantitative estimate of drug-likeness (QED) is 0.724. The SMILES string of the molecule is CC1CCN(S(=O)(=O)c2cccc(C(=O)NCCCc3ccccc3)c2)CC1. The first-order valence-corrected chi connectivity index (χ1v) is 11.3. The Morgan fingerprint density at radius 2 is 1.79 bits per heavy atom. The molecule has 1 saturated heterocycles. The van der Waals surface area contributed by atoms with Gasteiger partial charge in [0.05, 0.1) is 4.90 Å². The van der Waals surface area contributed by atoms with Crippen molar-refractivity contribution in [3.05, 3.63) is 65.7 Å². The standard InChI is InChI=1S/C22H28N2O3S/c1-18-12-15-24(16-13-18)28(26,27)21-11-5-10-20(17-21)22(25)23-14-6-9-19-7-3-2-4-8-19/h2-5,7-8,10-11,17-18H,6,9,12-16H2,1H3,(H,23,25). The van der Waals surface area contributed by atoms with Crippen molar-refractivity contribution in [3.63, 3.8) is 0 Å². The number of carbonyl (C=O) groups excluding carboxylic acids is 1. The summed E-state index contributed by atoms with van der Waals surface area (Å²) in [5.41, 5.74) is 1.62. The first-order chi connectivity index (χ1) is 13.5. The highest BCUT2D eigenvalue weighted by Gasteiger charge is 2.28. The maximum absolute atomic E-state index is 12.9. The van der Waals surface area contributed by atoms with Crippen LogP contribution in [-0.2, 0) is 16.4 Å². The minimum Gasteiger partial charge on any atom is -0.352 e. The number of benzene rings is 2. The fourth-order valence-corrected chi connectivity index (χ4v) is 4.93. The highest BCUT2D eigenvalue weighted by atomic mass is 32.2. The number of nitrogens with one attached hydrogen (secondary N) is 1. The summed E-state index contributed by atoms with van der Waals surface area (Å²) >= 11 is 0. The Hall–Kier alpha value is -2.18. The van der Waals surface area contributed by atoms with Crippen LogP contribution in [0.2, 0.25) is 0 Å². The number of nitrogens with zero attached hydrogens (tertiary/aromatic N) is 1. The van der Waals surface area contributed by atoms with E-state index in [1.165, 1.54) is 15.9 Å². The third-order valence-electron chi connectivity index (χ3n) is 5.25. The second-order valence-electron chi connectivity index (χ2n) is 7.46. The number of carbonyl (C=O) groups is 1. The van der Waals surface area contributed by atoms with E-state index in [-0.39, 0.29) is 10.8 Å². The summed E-state index contributed by atoms with van der Waals surface area (Å²) in [5, 5.41) is 2.89. The van der Waals surface area contributed by atoms with Gasteiger partial charge in [-0.25, -0.2) is 8.42 Å². The average molecular weight is 401 g/mol. The monoisotopic (exact) mass is 400 g/mol. The molecule has 0 radical (unpaired) electrons. The summed E-state index contributed by atoms with van der Waals surface area (Å²) < 4.78 is 27.3. The molecule has 0 saturated carbocycles. The Kier molecular flexibility index (Phi) is 6.86. The number of hydrogen-bond donors (Lipinski definition) is 1. The molecule has 2 aromatic rings. The molecule has 1 fully saturated rings. The maximum atomic E-state index is 12.9. The highest BCUT2D eigenvalue weighted by molar-refractivity contribution is 7.89. The second-order valence-corrected chi connectivity index (χ2v) is 9.40. The Morgan fingerprint density at radius 1 is 1.07 bits per heavy atom. The molecule has 0 aliphatic carbocycles. The number of piperidine rings is 1. The van der Waals surface area contributed by atoms with Crippen molar-refractivity contribution in [1.29, 1.82) is 0 Å². The van der Waals surface area contributed by atoms with Gasteiger partial charge in [0, 0.05) is 25.2 Å². The third-order valence-corrected chi connectivity index (χ3v) is 7.14. The number of amides is 1. The van der Waals surface area contributed by atoms with E-state index < -0.39 is 10.0 Å². The van der Waals surface area contributed by atoms with Crippen molar-refractivity contribution in [2.75, 3.05) is 19.6 Å². The number of rotatable bonds is 7. The molecule has 1 heterocycles. The van der Waals surface area contributed by atoms with Gasteiger partial charge in [0.1, 0.15) is 0 Å². The van der Waals surface area contributed by atoms with Crippen molar-refractivity contribution in [2.24, 2.45) is 5.92 Å². The molecule has 3 rings (SSSR count). The van der Waals surface area contributed by atoms with Gasteiger partial charge < -0.3 is 5.32 Å². The van der Waals surface area contributed by atoms with Gasteiger partial charge in [0.15, 0.2) is 0 Å². The molecule has 28 heavy (non-hydrogen) atoms. The Labute approximate surface area is 167 Å². The van der Waals surface area contributed by atoms with E-state index in [4.69, 9.17) is 0 Å². The van der Waals surface area contributed by atoms with Crippen LogP contribution in [0.5, 0.6) is 0 Å². The Morgan fingerprint density at radius 3 is 2.50 bits per heavy atom. The molecule has 1 aliphatic heterocycles. The highest BCUT2D eigenvalue weighted by Crippen LogP contribution is 2.24. The number of aryl methyl sites for hydroxylation is 1. The average Bonchev–Trinajstić information content (AvgIpc) is 2.72. The fraction of sp³-hybridized carbons (Fsp3) is 0.409. The lowest BCUT2D eigenvalue weighted by molar-refractivity contribution is 0.0953. The molecular formula is C22H28N2O3S. The molecule has 5 nitrogen and oxygen atoms in total. The van der Waals surface area contributed by atoms with Gasteiger partial charge in [-0.1, -0.05) is 43.3 Å². The van der Waals surface area contributed by atoms with Gasteiger partial charge in [-0.15, -0.1) is 0 Å². The van der Waals surface area contributed by atoms with E-state index in [1.54, 1.807) is 18.2 Å². The van der Waals surface area contributed by atoms with E-state index >= 15 is 0 Å². The normalized spacial score (nSPS) is 16.0. The molecule has 0 atom stereocenters. The predicted octanol–water partition coefficient (Wildman–Crippen LogP) is 3.47. The fourth-order valence-electron chi connectivity index (χ4n) is 3.41. The topological polar surface area (TPSA) is 66.5 Å². The van der Waals surface area contributed by atoms with Gasteiger partial charge in [-0.2, -0.15) is 4.31 Å². The Bertz CT molecular complexity index is 889. The molecule has 0 spiro atoms. The summed E-state index contributed by atoms with van der Waals surface area (Å²) in [6, 6.07) is 16.5. The maximum Gasteiger partial charge on any atom is 0.251 e. The molecule has 1 aliphatic rings. The van der Waals surface area contributed by atoms with Gasteiger partial charge in [-0.05, 0) is 55.4 Å². The van der Waals surface area contributed by atoms with Crippen LogP contribution < -0.4 is 5.32 Å². The molecule has 150 valence electrons. The molecule has 6 heteroatoms. The van der Waals surface area contributed by atoms with Crippen LogP contribution in [0.4, 0.5) is 0 Å². The minimum atomic E-state index is -3.55. The van der Waals surface area contributed by atoms with Crippen molar-refractivity contribution >= 4 is 15.9 Å². The van der Waals surface area contributed by atoms with Gasteiger partial charge in [0.25, 0.3) is 5.91 Å². The Balaban J connectivity index is 1.58. The van der Waals surface area contributed by atoms with Crippen LogP contribution in [0.3, 0.4) is 0 Å². The lowest BCUT2D eigenvalue weighted by Crippen LogP contribution is -2.38. The van der Waals surface area contributed by atoms with Crippen molar-refractivity contribution in [3.8, 4) is 0 Å². The van der Waals surface area contributed by atoms with Crippen LogP contribution in [0.25, 0.3) is 0 Å². The van der Waals surface area contributed by atoms with Crippen LogP contribution in [0.1, 0.15) is 42.1 Å². The van der Waals surface area contributed by atoms with E-state index in [0.717, 1.165) is 25.7 Å². The summed E-state index contributed by atoms with van der Waals surface area (Å²) in [7, 11) is -3.55. The van der Waals surface area contributed by atoms with Crippen LogP contribution in [0, 0.1) is 5.92 Å². The summed E-state index contributed by atoms with van der Waals surface area (Å²) in [6.07, 6.45) is 3.48. The summed E-state index contributed by atoms with van der Waals surface area (Å²) in [4.78, 5) is 12.6. The van der Waals surface area contributed by atoms with Crippen LogP contribution in [0.15, 0.2) is 59.5 Å². The van der Waals surface area contributed by atoms with Crippen molar-refractivity contribution < 1.29 is 13.2 Å². The lowest BCUT2D eigenvalue weighted by atomic mass is 10.0. The zero-order valence-corrected chi connectivity index (χ0v) is 17.1. The van der Waals surface area contributed by atoms with Gasteiger partial charge >= 0.3 is 0 Å². The molecule has 0 unspecified atom stereocenters. The summed E-state index contributed by atoms with van der Waals surface area (Å²) in [5.74, 6) is 0.317. The van der Waals surface area contributed by atoms with E-state index in [1.807, 2.05) is 18.2 Å². The van der Waals surface area contributed by atoms with Crippen molar-refractivity contribution in [2.45, 2.75) is 37.5 Å². The first-order valence-electron chi connectivity index (χ1n) is 9.89. The van der Waals surface area contributed by atoms with E-state index in [2.05, 4.69) is 24.4 Å². The smallest absolute Gasteiger partial charge is 0.251 e. The van der Waals surface area contributed by atoms with Crippen molar-refractivity contribution in [1.82, 2.24) is 9.62 Å². The van der Waals surface area contributed by atoms with Gasteiger partial charge in [-0.3, -0.25) is 4.79 Å². The zero-order chi connectivity index (χ0) is 20.0. The lowest BCUT2D eigenvalue weighted by Gasteiger charge is -2.29.